The minimum absolute atomic E-state index is 0.00624. The Kier molecular flexibility index (Phi) is 5.86. The van der Waals surface area contributed by atoms with Crippen molar-refractivity contribution in [1.29, 1.82) is 0 Å². The molecule has 0 aromatic carbocycles. The summed E-state index contributed by atoms with van der Waals surface area (Å²) in [7, 11) is 0. The van der Waals surface area contributed by atoms with E-state index in [1.54, 1.807) is 12.3 Å². The van der Waals surface area contributed by atoms with Crippen LogP contribution in [0.25, 0.3) is 10.6 Å². The molecule has 1 aliphatic carbocycles. The van der Waals surface area contributed by atoms with E-state index in [1.165, 1.54) is 17.4 Å². The van der Waals surface area contributed by atoms with Gasteiger partial charge in [-0.2, -0.15) is 13.2 Å². The predicted octanol–water partition coefficient (Wildman–Crippen LogP) is 5.98. The minimum Gasteiger partial charge on any atom is -0.399 e. The highest BCUT2D eigenvalue weighted by molar-refractivity contribution is 7.15. The normalized spacial score (nSPS) is 22.8. The van der Waals surface area contributed by atoms with E-state index in [4.69, 9.17) is 5.73 Å². The van der Waals surface area contributed by atoms with E-state index in [-0.39, 0.29) is 17.1 Å². The van der Waals surface area contributed by atoms with Crippen LogP contribution in [0.5, 0.6) is 0 Å². The lowest BCUT2D eigenvalue weighted by Crippen LogP contribution is -2.40. The maximum absolute atomic E-state index is 13.0. The fourth-order valence-corrected chi connectivity index (χ4v) is 5.19. The molecule has 176 valence electrons. The first-order valence-corrected chi connectivity index (χ1v) is 11.4. The van der Waals surface area contributed by atoms with Crippen molar-refractivity contribution >= 4 is 28.7 Å². The van der Waals surface area contributed by atoms with E-state index in [0.717, 1.165) is 24.8 Å². The molecule has 6 nitrogen and oxygen atoms in total. The first-order chi connectivity index (χ1) is 15.4. The fourth-order valence-electron chi connectivity index (χ4n) is 4.20. The summed E-state index contributed by atoms with van der Waals surface area (Å²) < 4.78 is 39.0. The van der Waals surface area contributed by atoms with Gasteiger partial charge in [0.15, 0.2) is 0 Å². The second-order valence-electron chi connectivity index (χ2n) is 9.39. The van der Waals surface area contributed by atoms with Gasteiger partial charge in [-0.15, -0.1) is 11.3 Å². The molecule has 1 saturated carbocycles. The van der Waals surface area contributed by atoms with Gasteiger partial charge in [0.05, 0.1) is 16.1 Å². The number of nitrogen functional groups attached to an aromatic ring is 1. The molecule has 0 radical (unpaired) electrons. The number of aliphatic hydroxyl groups is 1. The number of aromatic nitrogens is 3. The Balaban J connectivity index is 1.60. The molecule has 3 aromatic heterocycles. The Morgan fingerprint density at radius 2 is 1.94 bits per heavy atom. The predicted molar refractivity (Wildman–Crippen MR) is 123 cm³/mol. The number of pyridine rings is 2. The SMILES string of the molecule is CC1CCC(O)(c2ncc(-c3cc(N)cc(Nc4cc(C(F)(F)F)ccn4)n3)s2)CC1(C)C. The van der Waals surface area contributed by atoms with Gasteiger partial charge in [-0.3, -0.25) is 0 Å². The third kappa shape index (κ3) is 4.96. The summed E-state index contributed by atoms with van der Waals surface area (Å²) >= 11 is 1.35. The largest absolute Gasteiger partial charge is 0.416 e. The lowest BCUT2D eigenvalue weighted by atomic mass is 9.64. The molecule has 3 heterocycles. The van der Waals surface area contributed by atoms with Gasteiger partial charge in [-0.05, 0) is 48.8 Å². The molecule has 1 fully saturated rings. The minimum atomic E-state index is -4.47. The van der Waals surface area contributed by atoms with Gasteiger partial charge in [-0.25, -0.2) is 15.0 Å². The number of thiazole rings is 1. The number of hydrogen-bond donors (Lipinski definition) is 3. The van der Waals surface area contributed by atoms with E-state index in [9.17, 15) is 18.3 Å². The molecule has 0 bridgehead atoms. The summed E-state index contributed by atoms with van der Waals surface area (Å²) in [5.41, 5.74) is 5.11. The molecule has 2 unspecified atom stereocenters. The number of anilines is 3. The third-order valence-electron chi connectivity index (χ3n) is 6.42. The van der Waals surface area contributed by atoms with Crippen molar-refractivity contribution in [3.8, 4) is 10.6 Å². The van der Waals surface area contributed by atoms with Crippen molar-refractivity contribution in [2.45, 2.75) is 51.8 Å². The molecule has 3 aromatic rings. The van der Waals surface area contributed by atoms with E-state index < -0.39 is 17.3 Å². The second kappa shape index (κ2) is 8.25. The number of halogens is 3. The van der Waals surface area contributed by atoms with E-state index in [2.05, 4.69) is 41.0 Å². The molecular formula is C23H26F3N5OS. The number of nitrogens with one attached hydrogen (secondary N) is 1. The Labute approximate surface area is 194 Å². The average molecular weight is 478 g/mol. The zero-order valence-electron chi connectivity index (χ0n) is 18.6. The molecular weight excluding hydrogens is 451 g/mol. The van der Waals surface area contributed by atoms with E-state index in [1.807, 2.05) is 0 Å². The van der Waals surface area contributed by atoms with Crippen LogP contribution in [0.1, 0.15) is 50.6 Å². The number of hydrogen-bond acceptors (Lipinski definition) is 7. The highest BCUT2D eigenvalue weighted by Crippen LogP contribution is 2.50. The zero-order valence-corrected chi connectivity index (χ0v) is 19.4. The quantitative estimate of drug-likeness (QED) is 0.428. The molecule has 1 aliphatic rings. The highest BCUT2D eigenvalue weighted by Gasteiger charge is 2.45. The van der Waals surface area contributed by atoms with Gasteiger partial charge in [0.25, 0.3) is 0 Å². The van der Waals surface area contributed by atoms with Gasteiger partial charge in [0, 0.05) is 24.1 Å². The van der Waals surface area contributed by atoms with Crippen LogP contribution in [0.4, 0.5) is 30.5 Å². The molecule has 0 amide bonds. The lowest BCUT2D eigenvalue weighted by molar-refractivity contribution is -0.137. The van der Waals surface area contributed by atoms with Crippen LogP contribution in [0.2, 0.25) is 0 Å². The Morgan fingerprint density at radius 3 is 2.64 bits per heavy atom. The fraction of sp³-hybridized carbons (Fsp3) is 0.435. The van der Waals surface area contributed by atoms with E-state index in [0.29, 0.717) is 40.0 Å². The maximum atomic E-state index is 13.0. The summed E-state index contributed by atoms with van der Waals surface area (Å²) in [5, 5.41) is 14.8. The molecule has 0 saturated heterocycles. The van der Waals surface area contributed by atoms with Crippen LogP contribution >= 0.6 is 11.3 Å². The van der Waals surface area contributed by atoms with Crippen molar-refractivity contribution < 1.29 is 18.3 Å². The summed E-state index contributed by atoms with van der Waals surface area (Å²) in [4.78, 5) is 13.6. The second-order valence-corrected chi connectivity index (χ2v) is 10.4. The monoisotopic (exact) mass is 477 g/mol. The topological polar surface area (TPSA) is 97.0 Å². The molecule has 0 spiro atoms. The standard InChI is InChI=1S/C23H26F3N5OS/c1-13-4-6-22(32,12-21(13,2)3)20-29-11-17(33-20)16-9-15(27)10-19(30-16)31-18-8-14(5-7-28-18)23(24,25)26/h5,7-11,13,32H,4,6,12H2,1-3H3,(H3,27,28,30,31). The molecule has 2 atom stereocenters. The van der Waals surface area contributed by atoms with Gasteiger partial charge in [0.1, 0.15) is 22.2 Å². The van der Waals surface area contributed by atoms with Crippen molar-refractivity contribution in [3.63, 3.8) is 0 Å². The summed E-state index contributed by atoms with van der Waals surface area (Å²) in [5.74, 6) is 0.774. The van der Waals surface area contributed by atoms with Gasteiger partial charge in [0.2, 0.25) is 0 Å². The van der Waals surface area contributed by atoms with Crippen LogP contribution in [0.15, 0.2) is 36.7 Å². The summed E-state index contributed by atoms with van der Waals surface area (Å²) in [6.07, 6.45) is 0.430. The lowest BCUT2D eigenvalue weighted by Gasteiger charge is -2.44. The molecule has 4 rings (SSSR count). The van der Waals surface area contributed by atoms with Crippen LogP contribution in [-0.2, 0) is 11.8 Å². The van der Waals surface area contributed by atoms with Crippen molar-refractivity contribution in [2.75, 3.05) is 11.1 Å². The first kappa shape index (κ1) is 23.4. The third-order valence-corrected chi connectivity index (χ3v) is 7.63. The number of nitrogens with two attached hydrogens (primary N) is 1. The zero-order chi connectivity index (χ0) is 24.0. The Bertz CT molecular complexity index is 1160. The number of alkyl halides is 3. The van der Waals surface area contributed by atoms with Crippen LogP contribution < -0.4 is 11.1 Å². The highest BCUT2D eigenvalue weighted by atomic mass is 32.1. The van der Waals surface area contributed by atoms with Gasteiger partial charge >= 0.3 is 6.18 Å². The van der Waals surface area contributed by atoms with Crippen LogP contribution in [0, 0.1) is 11.3 Å². The molecule has 4 N–H and O–H groups in total. The Morgan fingerprint density at radius 1 is 1.18 bits per heavy atom. The number of nitrogens with zero attached hydrogens (tertiary/aromatic N) is 3. The summed E-state index contributed by atoms with van der Waals surface area (Å²) in [6.45, 7) is 6.53. The van der Waals surface area contributed by atoms with Crippen molar-refractivity contribution in [2.24, 2.45) is 11.3 Å². The Hall–Kier alpha value is -2.72. The van der Waals surface area contributed by atoms with Gasteiger partial charge < -0.3 is 16.2 Å². The summed E-state index contributed by atoms with van der Waals surface area (Å²) in [6, 6.07) is 5.00. The molecule has 10 heteroatoms. The van der Waals surface area contributed by atoms with E-state index >= 15 is 0 Å². The maximum Gasteiger partial charge on any atom is 0.416 e. The van der Waals surface area contributed by atoms with Crippen LogP contribution in [-0.4, -0.2) is 20.1 Å². The smallest absolute Gasteiger partial charge is 0.399 e. The van der Waals surface area contributed by atoms with Crippen molar-refractivity contribution in [1.82, 2.24) is 15.0 Å². The molecule has 33 heavy (non-hydrogen) atoms. The first-order valence-electron chi connectivity index (χ1n) is 10.6. The molecule has 0 aliphatic heterocycles. The van der Waals surface area contributed by atoms with Crippen LogP contribution in [0.3, 0.4) is 0 Å². The van der Waals surface area contributed by atoms with Crippen molar-refractivity contribution in [3.05, 3.63) is 47.2 Å². The average Bonchev–Trinajstić information content (AvgIpc) is 3.21. The number of rotatable bonds is 4. The van der Waals surface area contributed by atoms with Gasteiger partial charge in [-0.1, -0.05) is 20.8 Å².